The summed E-state index contributed by atoms with van der Waals surface area (Å²) >= 11 is 1.61. The molecule has 3 aromatic rings. The lowest BCUT2D eigenvalue weighted by atomic mass is 9.89. The summed E-state index contributed by atoms with van der Waals surface area (Å²) in [7, 11) is 0. The number of nitrogens with one attached hydrogen (secondary N) is 1. The number of thiophene rings is 1. The maximum atomic E-state index is 13.1. The zero-order valence-corrected chi connectivity index (χ0v) is 17.1. The molecule has 1 N–H and O–H groups in total. The number of hydrogen-bond donors (Lipinski definition) is 1. The van der Waals surface area contributed by atoms with Gasteiger partial charge in [0.2, 0.25) is 5.91 Å². The molecule has 6 nitrogen and oxygen atoms in total. The fourth-order valence-corrected chi connectivity index (χ4v) is 5.66. The summed E-state index contributed by atoms with van der Waals surface area (Å²) in [6.45, 7) is 3.99. The summed E-state index contributed by atoms with van der Waals surface area (Å²) in [4.78, 5) is 44.3. The van der Waals surface area contributed by atoms with Gasteiger partial charge in [0.05, 0.1) is 24.2 Å². The van der Waals surface area contributed by atoms with E-state index in [9.17, 15) is 14.4 Å². The van der Waals surface area contributed by atoms with Gasteiger partial charge in [-0.05, 0) is 61.4 Å². The van der Waals surface area contributed by atoms with Crippen LogP contribution in [0.15, 0.2) is 29.3 Å². The molecule has 0 saturated heterocycles. The Morgan fingerprint density at radius 2 is 2.14 bits per heavy atom. The molecule has 5 rings (SSSR count). The lowest BCUT2D eigenvalue weighted by molar-refractivity contribution is -0.116. The standard InChI is InChI=1S/C22H21N3O3S/c1-11-3-5-14-18(7-11)29-21-19(14)22(28)25(10-23-21)9-17(26)13-4-6-16-15(8-13)12(2)20(27)24-16/h4,6,8,10-12H,3,5,7,9H2,1-2H3,(H,24,27)/t11-,12+/m0/s1. The topological polar surface area (TPSA) is 81.1 Å². The van der Waals surface area contributed by atoms with Crippen molar-refractivity contribution in [2.24, 2.45) is 5.92 Å². The molecule has 0 unspecified atom stereocenters. The van der Waals surface area contributed by atoms with Gasteiger partial charge in [0, 0.05) is 16.1 Å². The summed E-state index contributed by atoms with van der Waals surface area (Å²) in [5, 5.41) is 3.49. The second kappa shape index (κ2) is 6.62. The number of carbonyl (C=O) groups is 2. The van der Waals surface area contributed by atoms with Crippen LogP contribution in [-0.4, -0.2) is 21.2 Å². The predicted octanol–water partition coefficient (Wildman–Crippen LogP) is 3.52. The fraction of sp³-hybridized carbons (Fsp3) is 0.364. The van der Waals surface area contributed by atoms with Crippen molar-refractivity contribution in [3.8, 4) is 0 Å². The number of benzene rings is 1. The molecule has 0 fully saturated rings. The Balaban J connectivity index is 1.48. The molecule has 1 aliphatic heterocycles. The van der Waals surface area contributed by atoms with Crippen LogP contribution >= 0.6 is 11.3 Å². The zero-order chi connectivity index (χ0) is 20.3. The van der Waals surface area contributed by atoms with Gasteiger partial charge in [0.15, 0.2) is 5.78 Å². The van der Waals surface area contributed by atoms with Crippen molar-refractivity contribution in [1.29, 1.82) is 0 Å². The highest BCUT2D eigenvalue weighted by atomic mass is 32.1. The summed E-state index contributed by atoms with van der Waals surface area (Å²) < 4.78 is 1.41. The number of ketones is 1. The normalized spacial score (nSPS) is 20.4. The van der Waals surface area contributed by atoms with Crippen molar-refractivity contribution in [2.45, 2.75) is 45.6 Å². The fourth-order valence-electron chi connectivity index (χ4n) is 4.32. The van der Waals surface area contributed by atoms with Crippen LogP contribution in [0, 0.1) is 5.92 Å². The van der Waals surface area contributed by atoms with Gasteiger partial charge in [-0.25, -0.2) is 4.98 Å². The molecule has 1 aromatic carbocycles. The van der Waals surface area contributed by atoms with Crippen molar-refractivity contribution in [1.82, 2.24) is 9.55 Å². The SMILES string of the molecule is C[C@H]1CCc2c(sc3ncn(CC(=O)c4ccc5c(c4)[C@@H](C)C(=O)N5)c(=O)c23)C1. The van der Waals surface area contributed by atoms with Gasteiger partial charge in [-0.2, -0.15) is 0 Å². The van der Waals surface area contributed by atoms with Crippen LogP contribution in [0.2, 0.25) is 0 Å². The number of hydrogen-bond acceptors (Lipinski definition) is 5. The van der Waals surface area contributed by atoms with Crippen LogP contribution in [0.3, 0.4) is 0 Å². The van der Waals surface area contributed by atoms with E-state index in [0.29, 0.717) is 16.9 Å². The van der Waals surface area contributed by atoms with Crippen molar-refractivity contribution in [3.05, 3.63) is 56.4 Å². The molecular weight excluding hydrogens is 386 g/mol. The average Bonchev–Trinajstić information content (AvgIpc) is 3.20. The second-order valence-electron chi connectivity index (χ2n) is 8.15. The smallest absolute Gasteiger partial charge is 0.262 e. The van der Waals surface area contributed by atoms with Crippen LogP contribution in [0.25, 0.3) is 10.2 Å². The number of amides is 1. The Kier molecular flexibility index (Phi) is 4.17. The lowest BCUT2D eigenvalue weighted by Gasteiger charge is -2.17. The third-order valence-electron chi connectivity index (χ3n) is 6.09. The first-order valence-electron chi connectivity index (χ1n) is 9.90. The predicted molar refractivity (Wildman–Crippen MR) is 113 cm³/mol. The van der Waals surface area contributed by atoms with Crippen molar-refractivity contribution in [2.75, 3.05) is 5.32 Å². The van der Waals surface area contributed by atoms with Gasteiger partial charge in [-0.3, -0.25) is 19.0 Å². The van der Waals surface area contributed by atoms with Crippen LogP contribution in [-0.2, 0) is 24.2 Å². The number of carbonyl (C=O) groups excluding carboxylic acids is 2. The Hall–Kier alpha value is -2.80. The highest BCUT2D eigenvalue weighted by Crippen LogP contribution is 2.36. The van der Waals surface area contributed by atoms with Gasteiger partial charge >= 0.3 is 0 Å². The van der Waals surface area contributed by atoms with Gasteiger partial charge in [0.25, 0.3) is 5.56 Å². The van der Waals surface area contributed by atoms with Crippen molar-refractivity contribution in [3.63, 3.8) is 0 Å². The molecule has 1 amide bonds. The second-order valence-corrected chi connectivity index (χ2v) is 9.23. The minimum atomic E-state index is -0.279. The number of aromatic nitrogens is 2. The van der Waals surface area contributed by atoms with Crippen LogP contribution in [0.4, 0.5) is 5.69 Å². The number of anilines is 1. The van der Waals surface area contributed by atoms with Crippen molar-refractivity contribution >= 4 is 38.9 Å². The van der Waals surface area contributed by atoms with E-state index in [2.05, 4.69) is 17.2 Å². The Labute approximate surface area is 171 Å². The summed E-state index contributed by atoms with van der Waals surface area (Å²) in [6.07, 6.45) is 4.45. The molecule has 0 radical (unpaired) electrons. The molecule has 2 aromatic heterocycles. The number of rotatable bonds is 3. The first kappa shape index (κ1) is 18.2. The molecule has 7 heteroatoms. The lowest BCUT2D eigenvalue weighted by Crippen LogP contribution is -2.25. The highest BCUT2D eigenvalue weighted by Gasteiger charge is 2.27. The Bertz CT molecular complexity index is 1240. The minimum Gasteiger partial charge on any atom is -0.325 e. The maximum absolute atomic E-state index is 13.1. The molecule has 2 atom stereocenters. The molecule has 148 valence electrons. The molecule has 29 heavy (non-hydrogen) atoms. The van der Waals surface area contributed by atoms with Crippen LogP contribution in [0.1, 0.15) is 52.5 Å². The first-order chi connectivity index (χ1) is 13.9. The third kappa shape index (κ3) is 2.92. The Morgan fingerprint density at radius 1 is 1.31 bits per heavy atom. The van der Waals surface area contributed by atoms with E-state index in [4.69, 9.17) is 0 Å². The number of aryl methyl sites for hydroxylation is 1. The largest absolute Gasteiger partial charge is 0.325 e. The van der Waals surface area contributed by atoms with Crippen molar-refractivity contribution < 1.29 is 9.59 Å². The van der Waals surface area contributed by atoms with E-state index >= 15 is 0 Å². The van der Waals surface area contributed by atoms with Gasteiger partial charge in [0.1, 0.15) is 4.83 Å². The minimum absolute atomic E-state index is 0.0582. The number of fused-ring (bicyclic) bond motifs is 4. The van der Waals surface area contributed by atoms with Crippen LogP contribution in [0.5, 0.6) is 0 Å². The molecule has 0 saturated carbocycles. The molecular formula is C22H21N3O3S. The van der Waals surface area contributed by atoms with E-state index in [1.807, 2.05) is 6.92 Å². The average molecular weight is 407 g/mol. The quantitative estimate of drug-likeness (QED) is 0.674. The molecule has 0 spiro atoms. The maximum Gasteiger partial charge on any atom is 0.262 e. The summed E-state index contributed by atoms with van der Waals surface area (Å²) in [5.41, 5.74) is 3.06. The van der Waals surface area contributed by atoms with Crippen LogP contribution < -0.4 is 10.9 Å². The molecule has 2 aliphatic rings. The van der Waals surface area contributed by atoms with E-state index in [1.54, 1.807) is 29.5 Å². The highest BCUT2D eigenvalue weighted by molar-refractivity contribution is 7.18. The number of nitrogens with zero attached hydrogens (tertiary/aromatic N) is 2. The molecule has 1 aliphatic carbocycles. The monoisotopic (exact) mass is 407 g/mol. The van der Waals surface area contributed by atoms with E-state index in [0.717, 1.165) is 40.9 Å². The van der Waals surface area contributed by atoms with E-state index < -0.39 is 0 Å². The molecule has 0 bridgehead atoms. The van der Waals surface area contributed by atoms with E-state index in [1.165, 1.54) is 15.8 Å². The third-order valence-corrected chi connectivity index (χ3v) is 7.25. The summed E-state index contributed by atoms with van der Waals surface area (Å²) in [5.74, 6) is 0.119. The first-order valence-corrected chi connectivity index (χ1v) is 10.7. The van der Waals surface area contributed by atoms with Gasteiger partial charge in [-0.1, -0.05) is 6.92 Å². The van der Waals surface area contributed by atoms with E-state index in [-0.39, 0.29) is 29.7 Å². The molecule has 3 heterocycles. The Morgan fingerprint density at radius 3 is 2.97 bits per heavy atom. The van der Waals surface area contributed by atoms with Gasteiger partial charge in [-0.15, -0.1) is 11.3 Å². The van der Waals surface area contributed by atoms with Gasteiger partial charge < -0.3 is 5.32 Å². The summed E-state index contributed by atoms with van der Waals surface area (Å²) in [6, 6.07) is 5.21. The number of Topliss-reactive ketones (excluding diaryl/α,β-unsaturated/α-hetero) is 1. The zero-order valence-electron chi connectivity index (χ0n) is 16.3.